The summed E-state index contributed by atoms with van der Waals surface area (Å²) < 4.78 is 6.56. The molecule has 2 aromatic rings. The van der Waals surface area contributed by atoms with Gasteiger partial charge < -0.3 is 9.64 Å². The van der Waals surface area contributed by atoms with Crippen LogP contribution in [0.1, 0.15) is 40.9 Å². The van der Waals surface area contributed by atoms with Crippen LogP contribution in [0.2, 0.25) is 0 Å². The molecule has 0 unspecified atom stereocenters. The molecule has 26 heavy (non-hydrogen) atoms. The molecule has 3 rings (SSSR count). The summed E-state index contributed by atoms with van der Waals surface area (Å²) in [5, 5.41) is 8.71. The van der Waals surface area contributed by atoms with Crippen molar-refractivity contribution in [3.63, 3.8) is 0 Å². The average Bonchev–Trinajstić information content (AvgIpc) is 3.16. The van der Waals surface area contributed by atoms with Crippen LogP contribution in [0.4, 0.5) is 5.95 Å². The van der Waals surface area contributed by atoms with Gasteiger partial charge in [0.05, 0.1) is 11.5 Å². The number of hydrogen-bond acceptors (Lipinski definition) is 6. The maximum absolute atomic E-state index is 12.4. The number of ether oxygens (including phenoxy) is 1. The quantitative estimate of drug-likeness (QED) is 0.833. The number of aromatic nitrogens is 3. The number of carbonyl (C=O) groups excluding carboxylic acids is 2. The van der Waals surface area contributed by atoms with Gasteiger partial charge in [0.1, 0.15) is 12.9 Å². The number of nitrogens with one attached hydrogen (secondary N) is 1. The predicted molar refractivity (Wildman–Crippen MR) is 98.1 cm³/mol. The van der Waals surface area contributed by atoms with Gasteiger partial charge in [0.25, 0.3) is 5.91 Å². The monoisotopic (exact) mass is 377 g/mol. The van der Waals surface area contributed by atoms with Gasteiger partial charge in [0, 0.05) is 25.8 Å². The van der Waals surface area contributed by atoms with Crippen LogP contribution < -0.4 is 5.32 Å². The third-order valence-corrected chi connectivity index (χ3v) is 5.23. The van der Waals surface area contributed by atoms with Gasteiger partial charge in [-0.05, 0) is 24.3 Å². The van der Waals surface area contributed by atoms with E-state index in [0.29, 0.717) is 11.5 Å². The van der Waals surface area contributed by atoms with Crippen LogP contribution in [0.25, 0.3) is 0 Å². The summed E-state index contributed by atoms with van der Waals surface area (Å²) in [6.45, 7) is 2.12. The van der Waals surface area contributed by atoms with Crippen LogP contribution in [0, 0.1) is 0 Å². The molecule has 0 saturated carbocycles. The van der Waals surface area contributed by atoms with Gasteiger partial charge in [-0.3, -0.25) is 14.9 Å². The first-order valence-electron chi connectivity index (χ1n) is 8.71. The molecule has 2 aromatic heterocycles. The van der Waals surface area contributed by atoms with E-state index in [1.165, 1.54) is 35.2 Å². The Morgan fingerprint density at radius 2 is 2.04 bits per heavy atom. The molecule has 1 aliphatic heterocycles. The van der Waals surface area contributed by atoms with Gasteiger partial charge in [-0.25, -0.2) is 9.67 Å². The van der Waals surface area contributed by atoms with Crippen LogP contribution >= 0.6 is 11.3 Å². The van der Waals surface area contributed by atoms with Crippen LogP contribution in [-0.2, 0) is 22.7 Å². The lowest BCUT2D eigenvalue weighted by Gasteiger charge is -2.19. The maximum Gasteiger partial charge on any atom is 0.268 e. The van der Waals surface area contributed by atoms with E-state index in [1.807, 2.05) is 16.3 Å². The molecular formula is C17H23N5O3S. The van der Waals surface area contributed by atoms with E-state index >= 15 is 0 Å². The summed E-state index contributed by atoms with van der Waals surface area (Å²) in [4.78, 5) is 31.3. The Morgan fingerprint density at radius 1 is 1.27 bits per heavy atom. The molecular weight excluding hydrogens is 354 g/mol. The molecule has 0 radical (unpaired) electrons. The van der Waals surface area contributed by atoms with Crippen molar-refractivity contribution in [3.8, 4) is 0 Å². The fraction of sp³-hybridized carbons (Fsp3) is 0.529. The zero-order valence-corrected chi connectivity index (χ0v) is 15.6. The molecule has 0 aliphatic carbocycles. The molecule has 3 heterocycles. The number of anilines is 1. The number of amides is 2. The Hall–Kier alpha value is -2.26. The van der Waals surface area contributed by atoms with Crippen LogP contribution in [0.15, 0.2) is 17.8 Å². The molecule has 0 aromatic carbocycles. The molecule has 0 spiro atoms. The minimum atomic E-state index is -0.274. The Labute approximate surface area is 156 Å². The van der Waals surface area contributed by atoms with Gasteiger partial charge in [-0.1, -0.05) is 12.8 Å². The lowest BCUT2D eigenvalue weighted by molar-refractivity contribution is -0.132. The zero-order valence-electron chi connectivity index (χ0n) is 14.8. The number of likely N-dealkylation sites (tertiary alicyclic amines) is 1. The summed E-state index contributed by atoms with van der Waals surface area (Å²) in [6, 6.07) is 1.86. The van der Waals surface area contributed by atoms with E-state index in [4.69, 9.17) is 4.74 Å². The van der Waals surface area contributed by atoms with E-state index in [1.54, 1.807) is 7.11 Å². The largest absolute Gasteiger partial charge is 0.380 e. The summed E-state index contributed by atoms with van der Waals surface area (Å²) >= 11 is 1.34. The van der Waals surface area contributed by atoms with E-state index < -0.39 is 0 Å². The molecule has 0 atom stereocenters. The second kappa shape index (κ2) is 8.91. The van der Waals surface area contributed by atoms with Crippen molar-refractivity contribution in [3.05, 3.63) is 28.2 Å². The van der Waals surface area contributed by atoms with Crippen LogP contribution in [0.3, 0.4) is 0 Å². The first-order chi connectivity index (χ1) is 12.7. The number of hydrogen-bond donors (Lipinski definition) is 1. The smallest absolute Gasteiger partial charge is 0.268 e. The summed E-state index contributed by atoms with van der Waals surface area (Å²) in [5.74, 6) is -0.0469. The highest BCUT2D eigenvalue weighted by Gasteiger charge is 2.18. The predicted octanol–water partition coefficient (Wildman–Crippen LogP) is 2.14. The molecule has 1 fully saturated rings. The molecule has 9 heteroatoms. The summed E-state index contributed by atoms with van der Waals surface area (Å²) in [6.07, 6.45) is 5.92. The molecule has 1 N–H and O–H groups in total. The first kappa shape index (κ1) is 18.5. The fourth-order valence-corrected chi connectivity index (χ4v) is 3.75. The van der Waals surface area contributed by atoms with Gasteiger partial charge in [0.2, 0.25) is 11.9 Å². The first-order valence-corrected chi connectivity index (χ1v) is 9.59. The number of nitrogens with zero attached hydrogens (tertiary/aromatic N) is 4. The lowest BCUT2D eigenvalue weighted by atomic mass is 10.2. The minimum Gasteiger partial charge on any atom is -0.380 e. The summed E-state index contributed by atoms with van der Waals surface area (Å²) in [5.41, 5.74) is 0.825. The third kappa shape index (κ3) is 4.67. The second-order valence-corrected chi connectivity index (χ2v) is 7.14. The Kier molecular flexibility index (Phi) is 6.35. The minimum absolute atomic E-state index is 0.0373. The fourth-order valence-electron chi connectivity index (χ4n) is 2.95. The van der Waals surface area contributed by atoms with E-state index in [0.717, 1.165) is 31.5 Å². The zero-order chi connectivity index (χ0) is 18.4. The van der Waals surface area contributed by atoms with Crippen LogP contribution in [0.5, 0.6) is 0 Å². The van der Waals surface area contributed by atoms with Crippen molar-refractivity contribution in [2.75, 3.05) is 25.5 Å². The normalized spacial score (nSPS) is 14.9. The molecule has 8 nitrogen and oxygen atoms in total. The van der Waals surface area contributed by atoms with Crippen molar-refractivity contribution in [1.29, 1.82) is 0 Å². The number of rotatable bonds is 6. The molecule has 1 aliphatic rings. The SMILES string of the molecule is COCc1ccsc1C(=O)Nc1ncn(CC(=O)N2CCCCCC2)n1. The van der Waals surface area contributed by atoms with Crippen molar-refractivity contribution >= 4 is 29.1 Å². The van der Waals surface area contributed by atoms with Crippen molar-refractivity contribution < 1.29 is 14.3 Å². The van der Waals surface area contributed by atoms with Gasteiger partial charge in [-0.15, -0.1) is 16.4 Å². The van der Waals surface area contributed by atoms with Crippen LogP contribution in [-0.4, -0.2) is 51.7 Å². The van der Waals surface area contributed by atoms with E-state index in [9.17, 15) is 9.59 Å². The highest BCUT2D eigenvalue weighted by molar-refractivity contribution is 7.12. The van der Waals surface area contributed by atoms with Crippen molar-refractivity contribution in [2.24, 2.45) is 0 Å². The molecule has 0 bridgehead atoms. The lowest BCUT2D eigenvalue weighted by Crippen LogP contribution is -2.34. The Balaban J connectivity index is 1.58. The third-order valence-electron chi connectivity index (χ3n) is 4.27. The Bertz CT molecular complexity index is 749. The van der Waals surface area contributed by atoms with Crippen molar-refractivity contribution in [2.45, 2.75) is 38.8 Å². The molecule has 1 saturated heterocycles. The maximum atomic E-state index is 12.4. The van der Waals surface area contributed by atoms with E-state index in [2.05, 4.69) is 15.4 Å². The van der Waals surface area contributed by atoms with Crippen molar-refractivity contribution in [1.82, 2.24) is 19.7 Å². The average molecular weight is 377 g/mol. The molecule has 140 valence electrons. The highest BCUT2D eigenvalue weighted by atomic mass is 32.1. The van der Waals surface area contributed by atoms with Gasteiger partial charge in [-0.2, -0.15) is 0 Å². The number of carbonyl (C=O) groups is 2. The second-order valence-electron chi connectivity index (χ2n) is 6.22. The number of methoxy groups -OCH3 is 1. The van der Waals surface area contributed by atoms with Gasteiger partial charge in [0.15, 0.2) is 0 Å². The highest BCUT2D eigenvalue weighted by Crippen LogP contribution is 2.18. The molecule has 2 amide bonds. The summed E-state index contributed by atoms with van der Waals surface area (Å²) in [7, 11) is 1.59. The van der Waals surface area contributed by atoms with E-state index in [-0.39, 0.29) is 24.3 Å². The standard InChI is InChI=1S/C17H23N5O3S/c1-25-11-13-6-9-26-15(13)16(24)19-17-18-12-22(20-17)10-14(23)21-7-4-2-3-5-8-21/h6,9,12H,2-5,7-8,10-11H2,1H3,(H,19,20,24). The Morgan fingerprint density at radius 3 is 2.77 bits per heavy atom. The van der Waals surface area contributed by atoms with Gasteiger partial charge >= 0.3 is 0 Å². The topological polar surface area (TPSA) is 89.3 Å². The number of thiophene rings is 1.